The Morgan fingerprint density at radius 3 is 0.871 bits per heavy atom. The van der Waals surface area contributed by atoms with Gasteiger partial charge in [-0.2, -0.15) is 0 Å². The zero-order chi connectivity index (χ0) is 50.7. The van der Waals surface area contributed by atoms with E-state index in [9.17, 15) is 14.4 Å². The van der Waals surface area contributed by atoms with Crippen molar-refractivity contribution in [1.82, 2.24) is 0 Å². The predicted molar refractivity (Wildman–Crippen MR) is 302 cm³/mol. The van der Waals surface area contributed by atoms with Gasteiger partial charge in [0, 0.05) is 19.3 Å². The molecule has 6 nitrogen and oxygen atoms in total. The second kappa shape index (κ2) is 59.2. The van der Waals surface area contributed by atoms with Gasteiger partial charge in [-0.05, 0) is 70.6 Å². The van der Waals surface area contributed by atoms with Gasteiger partial charge in [0.15, 0.2) is 6.10 Å². The van der Waals surface area contributed by atoms with Crippen LogP contribution < -0.4 is 0 Å². The van der Waals surface area contributed by atoms with Crippen LogP contribution >= 0.6 is 0 Å². The third-order valence-corrected chi connectivity index (χ3v) is 13.9. The highest BCUT2D eigenvalue weighted by atomic mass is 16.6. The summed E-state index contributed by atoms with van der Waals surface area (Å²) >= 11 is 0. The van der Waals surface area contributed by atoms with E-state index in [0.29, 0.717) is 19.3 Å². The fraction of sp³-hybridized carbons (Fsp3) is 0.859. The first kappa shape index (κ1) is 67.6. The van der Waals surface area contributed by atoms with Crippen LogP contribution in [-0.4, -0.2) is 37.2 Å². The van der Waals surface area contributed by atoms with Crippen LogP contribution in [-0.2, 0) is 28.6 Å². The van der Waals surface area contributed by atoms with Crippen LogP contribution in [0.3, 0.4) is 0 Å². The van der Waals surface area contributed by atoms with Crippen molar-refractivity contribution < 1.29 is 28.6 Å². The lowest BCUT2D eigenvalue weighted by molar-refractivity contribution is -0.167. The molecule has 0 N–H and O–H groups in total. The zero-order valence-electron chi connectivity index (χ0n) is 47.1. The third-order valence-electron chi connectivity index (χ3n) is 13.9. The first-order valence-electron chi connectivity index (χ1n) is 31.0. The molecule has 0 saturated carbocycles. The minimum Gasteiger partial charge on any atom is -0.462 e. The van der Waals surface area contributed by atoms with Crippen molar-refractivity contribution in [2.45, 2.75) is 341 Å². The van der Waals surface area contributed by atoms with Crippen molar-refractivity contribution in [2.75, 3.05) is 13.2 Å². The van der Waals surface area contributed by atoms with Crippen LogP contribution in [0.5, 0.6) is 0 Å². The smallest absolute Gasteiger partial charge is 0.306 e. The number of carbonyl (C=O) groups excluding carboxylic acids is 3. The number of unbranched alkanes of at least 4 members (excludes halogenated alkanes) is 40. The Balaban J connectivity index is 4.17. The van der Waals surface area contributed by atoms with Gasteiger partial charge in [0.1, 0.15) is 13.2 Å². The number of ether oxygens (including phenoxy) is 3. The van der Waals surface area contributed by atoms with Gasteiger partial charge in [0.05, 0.1) is 0 Å². The molecule has 0 aliphatic heterocycles. The molecule has 0 aliphatic rings. The summed E-state index contributed by atoms with van der Waals surface area (Å²) in [5.41, 5.74) is 0. The Kier molecular flexibility index (Phi) is 57.2. The zero-order valence-corrected chi connectivity index (χ0v) is 47.1. The van der Waals surface area contributed by atoms with E-state index < -0.39 is 6.10 Å². The minimum atomic E-state index is -0.780. The van der Waals surface area contributed by atoms with Gasteiger partial charge in [-0.1, -0.05) is 282 Å². The van der Waals surface area contributed by atoms with Crippen molar-refractivity contribution in [3.05, 3.63) is 36.5 Å². The monoisotopic (exact) mass is 983 g/mol. The molecule has 0 aromatic rings. The Morgan fingerprint density at radius 2 is 0.529 bits per heavy atom. The van der Waals surface area contributed by atoms with E-state index in [1.54, 1.807) is 0 Å². The van der Waals surface area contributed by atoms with Gasteiger partial charge in [-0.15, -0.1) is 0 Å². The maximum Gasteiger partial charge on any atom is 0.306 e. The Hall–Kier alpha value is -2.37. The second-order valence-corrected chi connectivity index (χ2v) is 21.0. The van der Waals surface area contributed by atoms with E-state index in [1.807, 2.05) is 0 Å². The van der Waals surface area contributed by atoms with Gasteiger partial charge >= 0.3 is 17.9 Å². The van der Waals surface area contributed by atoms with Crippen molar-refractivity contribution in [2.24, 2.45) is 0 Å². The highest BCUT2D eigenvalue weighted by Crippen LogP contribution is 2.17. The van der Waals surface area contributed by atoms with Crippen molar-refractivity contribution >= 4 is 17.9 Å². The molecule has 0 aromatic heterocycles. The molecule has 0 bridgehead atoms. The molecule has 410 valence electrons. The molecule has 70 heavy (non-hydrogen) atoms. The van der Waals surface area contributed by atoms with Crippen molar-refractivity contribution in [3.8, 4) is 0 Å². The van der Waals surface area contributed by atoms with Crippen LogP contribution in [0.1, 0.15) is 335 Å². The number of hydrogen-bond donors (Lipinski definition) is 0. The topological polar surface area (TPSA) is 78.9 Å². The molecule has 0 amide bonds. The number of allylic oxidation sites excluding steroid dienone is 6. The lowest BCUT2D eigenvalue weighted by Gasteiger charge is -2.18. The summed E-state index contributed by atoms with van der Waals surface area (Å²) in [6.45, 7) is 6.60. The number of esters is 3. The summed E-state index contributed by atoms with van der Waals surface area (Å²) in [6.07, 6.45) is 71.6. The molecule has 1 atom stereocenters. The number of carbonyl (C=O) groups is 3. The first-order valence-corrected chi connectivity index (χ1v) is 31.0. The molecule has 0 radical (unpaired) electrons. The standard InChI is InChI=1S/C64H118O6/c1-4-7-10-13-16-19-22-24-26-27-28-29-30-31-32-33-34-35-36-38-39-42-45-48-51-54-57-63(66)69-60-61(59-68-62(65)56-53-50-47-44-41-21-18-15-12-9-6-3)70-64(67)58-55-52-49-46-43-40-37-25-23-20-17-14-11-8-5-2/h15,17-18,20,25,37,61H,4-14,16,19,21-24,26-36,38-60H2,1-3H3/b18-15-,20-17-,37-25-. The molecule has 0 saturated heterocycles. The molecular formula is C64H118O6. The maximum absolute atomic E-state index is 12.8. The van der Waals surface area contributed by atoms with Crippen LogP contribution in [0.2, 0.25) is 0 Å². The highest BCUT2D eigenvalue weighted by molar-refractivity contribution is 5.71. The van der Waals surface area contributed by atoms with E-state index in [4.69, 9.17) is 14.2 Å². The molecular weight excluding hydrogens is 865 g/mol. The quantitative estimate of drug-likeness (QED) is 0.0261. The van der Waals surface area contributed by atoms with Gasteiger partial charge in [-0.3, -0.25) is 14.4 Å². The second-order valence-electron chi connectivity index (χ2n) is 21.0. The summed E-state index contributed by atoms with van der Waals surface area (Å²) in [5.74, 6) is -0.884. The largest absolute Gasteiger partial charge is 0.462 e. The van der Waals surface area contributed by atoms with E-state index in [2.05, 4.69) is 57.2 Å². The van der Waals surface area contributed by atoms with E-state index in [0.717, 1.165) is 89.9 Å². The van der Waals surface area contributed by atoms with Crippen molar-refractivity contribution in [1.29, 1.82) is 0 Å². The molecule has 0 aliphatic carbocycles. The lowest BCUT2D eigenvalue weighted by atomic mass is 10.0. The van der Waals surface area contributed by atoms with Crippen LogP contribution in [0.15, 0.2) is 36.5 Å². The van der Waals surface area contributed by atoms with Crippen LogP contribution in [0, 0.1) is 0 Å². The predicted octanol–water partition coefficient (Wildman–Crippen LogP) is 20.8. The average Bonchev–Trinajstić information content (AvgIpc) is 3.36. The van der Waals surface area contributed by atoms with E-state index in [1.165, 1.54) is 205 Å². The fourth-order valence-corrected chi connectivity index (χ4v) is 9.16. The first-order chi connectivity index (χ1) is 34.5. The SMILES string of the molecule is CCCC/C=C\CCCCCCCC(=O)OCC(COC(=O)CCCCCCCCCCCCCCCCCCCCCCCCCCCC)OC(=O)CCCCCCC/C=C\C/C=C\CCCCC. The number of hydrogen-bond acceptors (Lipinski definition) is 6. The molecule has 0 heterocycles. The van der Waals surface area contributed by atoms with Gasteiger partial charge in [0.2, 0.25) is 0 Å². The molecule has 0 rings (SSSR count). The van der Waals surface area contributed by atoms with Crippen LogP contribution in [0.4, 0.5) is 0 Å². The van der Waals surface area contributed by atoms with E-state index >= 15 is 0 Å². The Labute approximate surface area is 435 Å². The van der Waals surface area contributed by atoms with Crippen molar-refractivity contribution in [3.63, 3.8) is 0 Å². The molecule has 1 unspecified atom stereocenters. The van der Waals surface area contributed by atoms with Gasteiger partial charge in [-0.25, -0.2) is 0 Å². The summed E-state index contributed by atoms with van der Waals surface area (Å²) in [7, 11) is 0. The lowest BCUT2D eigenvalue weighted by Crippen LogP contribution is -2.30. The summed E-state index contributed by atoms with van der Waals surface area (Å²) in [6, 6.07) is 0. The summed E-state index contributed by atoms with van der Waals surface area (Å²) in [4.78, 5) is 38.1. The Bertz CT molecular complexity index is 1170. The van der Waals surface area contributed by atoms with Gasteiger partial charge in [0.25, 0.3) is 0 Å². The number of rotatable bonds is 57. The van der Waals surface area contributed by atoms with Crippen LogP contribution in [0.25, 0.3) is 0 Å². The minimum absolute atomic E-state index is 0.0770. The molecule has 6 heteroatoms. The maximum atomic E-state index is 12.8. The normalized spacial score (nSPS) is 12.2. The fourth-order valence-electron chi connectivity index (χ4n) is 9.16. The highest BCUT2D eigenvalue weighted by Gasteiger charge is 2.19. The molecule has 0 spiro atoms. The summed E-state index contributed by atoms with van der Waals surface area (Å²) < 4.78 is 16.9. The Morgan fingerprint density at radius 1 is 0.286 bits per heavy atom. The van der Waals surface area contributed by atoms with E-state index in [-0.39, 0.29) is 31.1 Å². The molecule has 0 aromatic carbocycles. The van der Waals surface area contributed by atoms with Gasteiger partial charge < -0.3 is 14.2 Å². The molecule has 0 fully saturated rings. The summed E-state index contributed by atoms with van der Waals surface area (Å²) in [5, 5.41) is 0. The average molecular weight is 984 g/mol. The third kappa shape index (κ3) is 56.5.